The fourth-order valence-corrected chi connectivity index (χ4v) is 1.91. The first kappa shape index (κ1) is 16.1. The van der Waals surface area contributed by atoms with Gasteiger partial charge in [0, 0.05) is 38.3 Å². The number of nitrogens with zero attached hydrogens (tertiary/aromatic N) is 3. The van der Waals surface area contributed by atoms with Crippen molar-refractivity contribution in [3.63, 3.8) is 0 Å². The lowest BCUT2D eigenvalue weighted by atomic mass is 10.3. The first-order valence-electron chi connectivity index (χ1n) is 5.91. The number of hydrogen-bond acceptors (Lipinski definition) is 5. The maximum absolute atomic E-state index is 12.0. The van der Waals surface area contributed by atoms with Gasteiger partial charge in [-0.15, -0.1) is 12.4 Å². The zero-order valence-electron chi connectivity index (χ0n) is 10.7. The van der Waals surface area contributed by atoms with Gasteiger partial charge in [-0.05, 0) is 0 Å². The molecule has 8 nitrogen and oxygen atoms in total. The van der Waals surface area contributed by atoms with Crippen LogP contribution in [0.3, 0.4) is 0 Å². The van der Waals surface area contributed by atoms with Crippen molar-refractivity contribution in [2.24, 2.45) is 0 Å². The van der Waals surface area contributed by atoms with E-state index >= 15 is 0 Å². The molecule has 2 rings (SSSR count). The minimum absolute atomic E-state index is 0. The molecule has 0 saturated carbocycles. The summed E-state index contributed by atoms with van der Waals surface area (Å²) in [6.07, 6.45) is 1.10. The molecule has 2 heterocycles. The molecule has 1 amide bonds. The molecule has 0 bridgehead atoms. The average molecular weight is 303 g/mol. The van der Waals surface area contributed by atoms with Gasteiger partial charge in [-0.2, -0.15) is 0 Å². The molecule has 0 radical (unpaired) electrons. The number of pyridine rings is 1. The van der Waals surface area contributed by atoms with Crippen molar-refractivity contribution in [3.05, 3.63) is 38.8 Å². The summed E-state index contributed by atoms with van der Waals surface area (Å²) in [5.74, 6) is -0.205. The fraction of sp³-hybridized carbons (Fsp3) is 0.455. The van der Waals surface area contributed by atoms with E-state index in [0.29, 0.717) is 13.1 Å². The summed E-state index contributed by atoms with van der Waals surface area (Å²) in [5.41, 5.74) is -0.623. The van der Waals surface area contributed by atoms with E-state index in [1.54, 1.807) is 4.90 Å². The highest BCUT2D eigenvalue weighted by Crippen LogP contribution is 2.06. The van der Waals surface area contributed by atoms with E-state index in [4.69, 9.17) is 0 Å². The standard InChI is InChI=1S/C11H14N4O4.ClH/c16-10-2-1-9(15(18)19)7-14(10)8-11(17)13-5-3-12-4-6-13;/h1-2,7,12H,3-6,8H2;1H. The zero-order chi connectivity index (χ0) is 13.8. The molecule has 1 N–H and O–H groups in total. The van der Waals surface area contributed by atoms with Crippen LogP contribution in [0.4, 0.5) is 5.69 Å². The normalized spacial score (nSPS) is 14.5. The Morgan fingerprint density at radius 2 is 2.00 bits per heavy atom. The van der Waals surface area contributed by atoms with Gasteiger partial charge in [0.2, 0.25) is 5.91 Å². The lowest BCUT2D eigenvalue weighted by molar-refractivity contribution is -0.385. The Bertz CT molecular complexity index is 554. The molecule has 20 heavy (non-hydrogen) atoms. The number of amides is 1. The Morgan fingerprint density at radius 3 is 2.60 bits per heavy atom. The molecule has 1 aromatic heterocycles. The van der Waals surface area contributed by atoms with Crippen molar-refractivity contribution in [2.45, 2.75) is 6.54 Å². The number of carbonyl (C=O) groups excluding carboxylic acids is 1. The summed E-state index contributed by atoms with van der Waals surface area (Å²) in [6.45, 7) is 2.44. The number of halogens is 1. The van der Waals surface area contributed by atoms with Crippen LogP contribution in [0.25, 0.3) is 0 Å². The van der Waals surface area contributed by atoms with Gasteiger partial charge in [-0.3, -0.25) is 24.3 Å². The van der Waals surface area contributed by atoms with E-state index in [0.717, 1.165) is 36.0 Å². The molecule has 0 unspecified atom stereocenters. The van der Waals surface area contributed by atoms with Crippen molar-refractivity contribution in [1.29, 1.82) is 0 Å². The summed E-state index contributed by atoms with van der Waals surface area (Å²) < 4.78 is 1.07. The van der Waals surface area contributed by atoms with Gasteiger partial charge in [0.15, 0.2) is 0 Å². The highest BCUT2D eigenvalue weighted by Gasteiger charge is 2.17. The maximum Gasteiger partial charge on any atom is 0.285 e. The van der Waals surface area contributed by atoms with Gasteiger partial charge in [0.1, 0.15) is 6.54 Å². The van der Waals surface area contributed by atoms with Gasteiger partial charge in [-0.1, -0.05) is 0 Å². The van der Waals surface area contributed by atoms with Crippen molar-refractivity contribution >= 4 is 24.0 Å². The molecule has 110 valence electrons. The third kappa shape index (κ3) is 3.78. The smallest absolute Gasteiger partial charge is 0.285 e. The van der Waals surface area contributed by atoms with Crippen molar-refractivity contribution in [3.8, 4) is 0 Å². The Hall–Kier alpha value is -1.93. The molecular weight excluding hydrogens is 288 g/mol. The zero-order valence-corrected chi connectivity index (χ0v) is 11.5. The second-order valence-corrected chi connectivity index (χ2v) is 4.24. The maximum atomic E-state index is 12.0. The summed E-state index contributed by atoms with van der Waals surface area (Å²) >= 11 is 0. The molecule has 0 atom stereocenters. The van der Waals surface area contributed by atoms with Crippen LogP contribution >= 0.6 is 12.4 Å². The van der Waals surface area contributed by atoms with Gasteiger partial charge < -0.3 is 10.2 Å². The molecule has 0 aliphatic carbocycles. The van der Waals surface area contributed by atoms with Crippen LogP contribution in [0.5, 0.6) is 0 Å². The van der Waals surface area contributed by atoms with Crippen molar-refractivity contribution < 1.29 is 9.72 Å². The van der Waals surface area contributed by atoms with Gasteiger partial charge in [0.25, 0.3) is 11.2 Å². The number of piperazine rings is 1. The molecule has 1 aromatic rings. The molecule has 1 aliphatic rings. The van der Waals surface area contributed by atoms with Crippen molar-refractivity contribution in [2.75, 3.05) is 26.2 Å². The minimum atomic E-state index is -0.592. The fourth-order valence-electron chi connectivity index (χ4n) is 1.91. The van der Waals surface area contributed by atoms with E-state index < -0.39 is 10.5 Å². The Morgan fingerprint density at radius 1 is 1.35 bits per heavy atom. The highest BCUT2D eigenvalue weighted by atomic mass is 35.5. The summed E-state index contributed by atoms with van der Waals surface area (Å²) in [6, 6.07) is 2.23. The first-order valence-corrected chi connectivity index (χ1v) is 5.91. The lowest BCUT2D eigenvalue weighted by Gasteiger charge is -2.27. The lowest BCUT2D eigenvalue weighted by Crippen LogP contribution is -2.48. The summed E-state index contributed by atoms with van der Waals surface area (Å²) in [4.78, 5) is 35.2. The average Bonchev–Trinajstić information content (AvgIpc) is 2.42. The predicted octanol–water partition coefficient (Wildman–Crippen LogP) is -0.390. The van der Waals surface area contributed by atoms with E-state index in [-0.39, 0.29) is 30.5 Å². The van der Waals surface area contributed by atoms with Crippen LogP contribution in [0.1, 0.15) is 0 Å². The third-order valence-corrected chi connectivity index (χ3v) is 2.95. The number of nitro groups is 1. The quantitative estimate of drug-likeness (QED) is 0.606. The van der Waals surface area contributed by atoms with E-state index in [2.05, 4.69) is 5.32 Å². The Kier molecular flexibility index (Phi) is 5.66. The van der Waals surface area contributed by atoms with Gasteiger partial charge >= 0.3 is 0 Å². The number of carbonyl (C=O) groups is 1. The van der Waals surface area contributed by atoms with E-state index in [1.807, 2.05) is 0 Å². The topological polar surface area (TPSA) is 97.5 Å². The Balaban J connectivity index is 0.00000200. The molecule has 1 saturated heterocycles. The van der Waals surface area contributed by atoms with Crippen LogP contribution in [-0.4, -0.2) is 46.5 Å². The predicted molar refractivity (Wildman–Crippen MR) is 74.1 cm³/mol. The highest BCUT2D eigenvalue weighted by molar-refractivity contribution is 5.85. The monoisotopic (exact) mass is 302 g/mol. The molecule has 9 heteroatoms. The van der Waals surface area contributed by atoms with Gasteiger partial charge in [0.05, 0.1) is 11.1 Å². The van der Waals surface area contributed by atoms with Crippen molar-refractivity contribution in [1.82, 2.24) is 14.8 Å². The largest absolute Gasteiger partial charge is 0.339 e. The summed E-state index contributed by atoms with van der Waals surface area (Å²) in [7, 11) is 0. The van der Waals surface area contributed by atoms with Crippen LogP contribution < -0.4 is 10.9 Å². The number of rotatable bonds is 3. The van der Waals surface area contributed by atoms with E-state index in [9.17, 15) is 19.7 Å². The molecular formula is C11H15ClN4O4. The van der Waals surface area contributed by atoms with Crippen LogP contribution in [-0.2, 0) is 11.3 Å². The molecule has 1 fully saturated rings. The van der Waals surface area contributed by atoms with E-state index in [1.165, 1.54) is 0 Å². The molecule has 1 aliphatic heterocycles. The van der Waals surface area contributed by atoms with Crippen LogP contribution in [0, 0.1) is 10.1 Å². The number of aromatic nitrogens is 1. The third-order valence-electron chi connectivity index (χ3n) is 2.95. The summed E-state index contributed by atoms with van der Waals surface area (Å²) in [5, 5.41) is 13.8. The van der Waals surface area contributed by atoms with Crippen LogP contribution in [0.15, 0.2) is 23.1 Å². The van der Waals surface area contributed by atoms with Gasteiger partial charge in [-0.25, -0.2) is 0 Å². The Labute approximate surface area is 120 Å². The minimum Gasteiger partial charge on any atom is -0.339 e. The second kappa shape index (κ2) is 7.01. The number of hydrogen-bond donors (Lipinski definition) is 1. The first-order chi connectivity index (χ1) is 9.08. The number of nitrogens with one attached hydrogen (secondary N) is 1. The SMILES string of the molecule is Cl.O=C(Cn1cc([N+](=O)[O-])ccc1=O)N1CCNCC1. The second-order valence-electron chi connectivity index (χ2n) is 4.24. The molecule has 0 aromatic carbocycles. The van der Waals surface area contributed by atoms with Crippen LogP contribution in [0.2, 0.25) is 0 Å². The molecule has 0 spiro atoms.